The first-order chi connectivity index (χ1) is 9.66. The Kier molecular flexibility index (Phi) is 5.59. The third-order valence-corrected chi connectivity index (χ3v) is 4.60. The summed E-state index contributed by atoms with van der Waals surface area (Å²) < 4.78 is 5.06. The molecule has 0 unspecified atom stereocenters. The van der Waals surface area contributed by atoms with Crippen molar-refractivity contribution in [1.82, 2.24) is 5.32 Å². The molecule has 110 valence electrons. The zero-order chi connectivity index (χ0) is 14.4. The van der Waals surface area contributed by atoms with Crippen molar-refractivity contribution in [3.63, 3.8) is 0 Å². The number of aryl methyl sites for hydroxylation is 1. The Morgan fingerprint density at radius 1 is 1.30 bits per heavy atom. The standard InChI is InChI=1S/C15H21NO3S/c1-11-8-9-20-14(11)15(18)19-10-13(17)16-12-6-4-2-3-5-7-12/h8-9,12H,2-7,10H2,1H3,(H,16,17). The van der Waals surface area contributed by atoms with Gasteiger partial charge in [0, 0.05) is 6.04 Å². The maximum Gasteiger partial charge on any atom is 0.349 e. The molecule has 1 saturated carbocycles. The summed E-state index contributed by atoms with van der Waals surface area (Å²) in [7, 11) is 0. The molecular weight excluding hydrogens is 274 g/mol. The number of hydrogen-bond donors (Lipinski definition) is 1. The lowest BCUT2D eigenvalue weighted by atomic mass is 10.1. The first-order valence-corrected chi connectivity index (χ1v) is 8.05. The van der Waals surface area contributed by atoms with Crippen LogP contribution >= 0.6 is 11.3 Å². The van der Waals surface area contributed by atoms with E-state index in [1.165, 1.54) is 37.0 Å². The molecule has 0 aromatic carbocycles. The summed E-state index contributed by atoms with van der Waals surface area (Å²) in [6.45, 7) is 1.67. The molecule has 2 rings (SSSR count). The number of carbonyl (C=O) groups is 2. The van der Waals surface area contributed by atoms with Gasteiger partial charge in [0.1, 0.15) is 4.88 Å². The molecule has 0 spiro atoms. The van der Waals surface area contributed by atoms with Crippen LogP contribution in [0.25, 0.3) is 0 Å². The minimum atomic E-state index is -0.409. The topological polar surface area (TPSA) is 55.4 Å². The van der Waals surface area contributed by atoms with Gasteiger partial charge in [-0.05, 0) is 36.8 Å². The summed E-state index contributed by atoms with van der Waals surface area (Å²) in [5.41, 5.74) is 0.893. The molecule has 0 bridgehead atoms. The third-order valence-electron chi connectivity index (χ3n) is 3.60. The molecule has 1 aliphatic rings. The van der Waals surface area contributed by atoms with E-state index in [-0.39, 0.29) is 18.6 Å². The number of hydrogen-bond acceptors (Lipinski definition) is 4. The molecule has 4 nitrogen and oxygen atoms in total. The summed E-state index contributed by atoms with van der Waals surface area (Å²) in [5.74, 6) is -0.604. The van der Waals surface area contributed by atoms with Crippen molar-refractivity contribution in [3.8, 4) is 0 Å². The number of esters is 1. The largest absolute Gasteiger partial charge is 0.451 e. The number of amides is 1. The van der Waals surface area contributed by atoms with Crippen LogP contribution < -0.4 is 5.32 Å². The Morgan fingerprint density at radius 2 is 2.00 bits per heavy atom. The monoisotopic (exact) mass is 295 g/mol. The molecule has 1 aromatic rings. The van der Waals surface area contributed by atoms with E-state index in [4.69, 9.17) is 4.74 Å². The summed E-state index contributed by atoms with van der Waals surface area (Å²) in [5, 5.41) is 4.81. The van der Waals surface area contributed by atoms with Crippen molar-refractivity contribution >= 4 is 23.2 Å². The first kappa shape index (κ1) is 15.0. The third kappa shape index (κ3) is 4.34. The Labute approximate surface area is 123 Å². The van der Waals surface area contributed by atoms with Crippen molar-refractivity contribution in [2.45, 2.75) is 51.5 Å². The lowest BCUT2D eigenvalue weighted by molar-refractivity contribution is -0.125. The Morgan fingerprint density at radius 3 is 2.60 bits per heavy atom. The molecule has 1 fully saturated rings. The van der Waals surface area contributed by atoms with Gasteiger partial charge in [-0.1, -0.05) is 25.7 Å². The first-order valence-electron chi connectivity index (χ1n) is 7.17. The number of carbonyl (C=O) groups excluding carboxylic acids is 2. The Bertz CT molecular complexity index is 461. The quantitative estimate of drug-likeness (QED) is 0.686. The van der Waals surface area contributed by atoms with Crippen molar-refractivity contribution in [1.29, 1.82) is 0 Å². The van der Waals surface area contributed by atoms with E-state index < -0.39 is 5.97 Å². The number of rotatable bonds is 4. The molecule has 1 N–H and O–H groups in total. The molecule has 5 heteroatoms. The van der Waals surface area contributed by atoms with Crippen LogP contribution in [0.3, 0.4) is 0 Å². The lowest BCUT2D eigenvalue weighted by Crippen LogP contribution is -2.37. The van der Waals surface area contributed by atoms with E-state index in [0.717, 1.165) is 18.4 Å². The van der Waals surface area contributed by atoms with Gasteiger partial charge < -0.3 is 10.1 Å². The van der Waals surface area contributed by atoms with Gasteiger partial charge in [-0.3, -0.25) is 4.79 Å². The van der Waals surface area contributed by atoms with Gasteiger partial charge >= 0.3 is 5.97 Å². The van der Waals surface area contributed by atoms with Crippen molar-refractivity contribution in [3.05, 3.63) is 21.9 Å². The van der Waals surface area contributed by atoms with Crippen LogP contribution in [-0.4, -0.2) is 24.5 Å². The van der Waals surface area contributed by atoms with Crippen molar-refractivity contribution in [2.75, 3.05) is 6.61 Å². The molecule has 0 atom stereocenters. The second-order valence-corrected chi connectivity index (χ2v) is 6.18. The van der Waals surface area contributed by atoms with Gasteiger partial charge in [0.05, 0.1) is 0 Å². The van der Waals surface area contributed by atoms with E-state index in [2.05, 4.69) is 5.32 Å². The van der Waals surface area contributed by atoms with Crippen molar-refractivity contribution in [2.24, 2.45) is 0 Å². The molecular formula is C15H21NO3S. The highest BCUT2D eigenvalue weighted by molar-refractivity contribution is 7.12. The molecule has 0 aliphatic heterocycles. The molecule has 1 aromatic heterocycles. The normalized spacial score (nSPS) is 16.4. The molecule has 1 aliphatic carbocycles. The average Bonchev–Trinajstić information content (AvgIpc) is 2.70. The van der Waals surface area contributed by atoms with Crippen LogP contribution in [-0.2, 0) is 9.53 Å². The van der Waals surface area contributed by atoms with Gasteiger partial charge in [0.2, 0.25) is 0 Å². The smallest absolute Gasteiger partial charge is 0.349 e. The van der Waals surface area contributed by atoms with Crippen LogP contribution in [0.1, 0.15) is 53.8 Å². The molecule has 0 radical (unpaired) electrons. The van der Waals surface area contributed by atoms with Gasteiger partial charge in [0.25, 0.3) is 5.91 Å². The van der Waals surface area contributed by atoms with Crippen LogP contribution in [0.15, 0.2) is 11.4 Å². The van der Waals surface area contributed by atoms with E-state index in [1.807, 2.05) is 18.4 Å². The van der Waals surface area contributed by atoms with Crippen LogP contribution in [0.5, 0.6) is 0 Å². The van der Waals surface area contributed by atoms with Gasteiger partial charge in [0.15, 0.2) is 6.61 Å². The van der Waals surface area contributed by atoms with E-state index in [0.29, 0.717) is 4.88 Å². The summed E-state index contributed by atoms with van der Waals surface area (Å²) >= 11 is 1.34. The highest BCUT2D eigenvalue weighted by Gasteiger charge is 2.17. The van der Waals surface area contributed by atoms with E-state index in [1.54, 1.807) is 0 Å². The minimum absolute atomic E-state index is 0.188. The maximum atomic E-state index is 11.8. The number of nitrogens with one attached hydrogen (secondary N) is 1. The fourth-order valence-corrected chi connectivity index (χ4v) is 3.29. The SMILES string of the molecule is Cc1ccsc1C(=O)OCC(=O)NC1CCCCCC1. The zero-order valence-electron chi connectivity index (χ0n) is 11.8. The Hall–Kier alpha value is -1.36. The Balaban J connectivity index is 1.74. The summed E-state index contributed by atoms with van der Waals surface area (Å²) in [4.78, 5) is 24.2. The van der Waals surface area contributed by atoms with E-state index in [9.17, 15) is 9.59 Å². The number of thiophene rings is 1. The zero-order valence-corrected chi connectivity index (χ0v) is 12.6. The molecule has 1 heterocycles. The maximum absolute atomic E-state index is 11.8. The van der Waals surface area contributed by atoms with Gasteiger partial charge in [-0.25, -0.2) is 4.79 Å². The highest BCUT2D eigenvalue weighted by atomic mass is 32.1. The molecule has 20 heavy (non-hydrogen) atoms. The van der Waals surface area contributed by atoms with Crippen LogP contribution in [0.2, 0.25) is 0 Å². The summed E-state index contributed by atoms with van der Waals surface area (Å²) in [6, 6.07) is 2.11. The minimum Gasteiger partial charge on any atom is -0.451 e. The highest BCUT2D eigenvalue weighted by Crippen LogP contribution is 2.18. The second kappa shape index (κ2) is 7.43. The molecule has 0 saturated heterocycles. The lowest BCUT2D eigenvalue weighted by Gasteiger charge is -2.16. The van der Waals surface area contributed by atoms with Crippen LogP contribution in [0.4, 0.5) is 0 Å². The predicted octanol–water partition coefficient (Wildman–Crippen LogP) is 3.05. The van der Waals surface area contributed by atoms with Gasteiger partial charge in [-0.2, -0.15) is 0 Å². The number of ether oxygens (including phenoxy) is 1. The second-order valence-electron chi connectivity index (χ2n) is 5.26. The van der Waals surface area contributed by atoms with Gasteiger partial charge in [-0.15, -0.1) is 11.3 Å². The van der Waals surface area contributed by atoms with Crippen molar-refractivity contribution < 1.29 is 14.3 Å². The fourth-order valence-electron chi connectivity index (χ4n) is 2.47. The molecule has 1 amide bonds. The fraction of sp³-hybridized carbons (Fsp3) is 0.600. The predicted molar refractivity (Wildman–Crippen MR) is 79.0 cm³/mol. The van der Waals surface area contributed by atoms with Crippen LogP contribution in [0, 0.1) is 6.92 Å². The average molecular weight is 295 g/mol. The summed E-state index contributed by atoms with van der Waals surface area (Å²) in [6.07, 6.45) is 6.89. The van der Waals surface area contributed by atoms with E-state index >= 15 is 0 Å².